The first-order valence-corrected chi connectivity index (χ1v) is 12.6. The zero-order chi connectivity index (χ0) is 22.8. The fraction of sp³-hybridized carbons (Fsp3) is 0.222. The second-order valence-corrected chi connectivity index (χ2v) is 10.7. The van der Waals surface area contributed by atoms with Gasteiger partial charge in [-0.3, -0.25) is 0 Å². The standard InChI is InChI=1S/C27H28N2O2S/c1-27(19-22-11-7-4-8-12-22,20-25(28)17-21-9-5-3-6-10-21)24-13-14-26-23(18-24)15-16-29(26)32(2,30)31/h3-16,18,28H,17,19-20H2,1-2H3. The number of rotatable bonds is 8. The molecule has 0 saturated carbocycles. The van der Waals surface area contributed by atoms with Crippen molar-refractivity contribution in [2.45, 2.75) is 31.6 Å². The highest BCUT2D eigenvalue weighted by Crippen LogP contribution is 2.35. The summed E-state index contributed by atoms with van der Waals surface area (Å²) in [6.45, 7) is 2.20. The number of nitrogens with one attached hydrogen (secondary N) is 1. The van der Waals surface area contributed by atoms with Crippen molar-refractivity contribution in [2.24, 2.45) is 0 Å². The summed E-state index contributed by atoms with van der Waals surface area (Å²) in [6.07, 6.45) is 4.86. The summed E-state index contributed by atoms with van der Waals surface area (Å²) in [7, 11) is -3.35. The van der Waals surface area contributed by atoms with Crippen molar-refractivity contribution in [1.82, 2.24) is 3.97 Å². The van der Waals surface area contributed by atoms with Crippen LogP contribution >= 0.6 is 0 Å². The normalized spacial score (nSPS) is 13.7. The van der Waals surface area contributed by atoms with Crippen molar-refractivity contribution in [3.05, 3.63) is 108 Å². The highest BCUT2D eigenvalue weighted by Gasteiger charge is 2.29. The number of hydrogen-bond donors (Lipinski definition) is 1. The summed E-state index contributed by atoms with van der Waals surface area (Å²) >= 11 is 0. The van der Waals surface area contributed by atoms with Crippen LogP contribution < -0.4 is 0 Å². The molecule has 1 N–H and O–H groups in total. The molecule has 5 heteroatoms. The Bertz CT molecular complexity index is 1340. The van der Waals surface area contributed by atoms with Crippen LogP contribution in [0.25, 0.3) is 10.9 Å². The molecule has 0 spiro atoms. The van der Waals surface area contributed by atoms with Crippen molar-refractivity contribution < 1.29 is 8.42 Å². The van der Waals surface area contributed by atoms with E-state index in [1.54, 1.807) is 6.20 Å². The van der Waals surface area contributed by atoms with E-state index < -0.39 is 10.0 Å². The maximum Gasteiger partial charge on any atom is 0.236 e. The number of aromatic nitrogens is 1. The van der Waals surface area contributed by atoms with Crippen molar-refractivity contribution in [3.8, 4) is 0 Å². The lowest BCUT2D eigenvalue weighted by molar-refractivity contribution is 0.485. The van der Waals surface area contributed by atoms with E-state index in [0.717, 1.165) is 22.9 Å². The molecule has 0 amide bonds. The minimum atomic E-state index is -3.35. The molecule has 1 aromatic heterocycles. The molecule has 0 aliphatic rings. The Morgan fingerprint density at radius 1 is 0.906 bits per heavy atom. The molecule has 0 bridgehead atoms. The highest BCUT2D eigenvalue weighted by atomic mass is 32.2. The molecule has 0 radical (unpaired) electrons. The van der Waals surface area contributed by atoms with Gasteiger partial charge in [0.05, 0.1) is 11.8 Å². The van der Waals surface area contributed by atoms with Gasteiger partial charge in [0.15, 0.2) is 0 Å². The molecule has 1 atom stereocenters. The predicted octanol–water partition coefficient (Wildman–Crippen LogP) is 5.60. The third-order valence-electron chi connectivity index (χ3n) is 6.01. The van der Waals surface area contributed by atoms with E-state index in [0.29, 0.717) is 24.1 Å². The Morgan fingerprint density at radius 3 is 2.16 bits per heavy atom. The second kappa shape index (κ2) is 8.75. The number of hydrogen-bond acceptors (Lipinski definition) is 3. The molecule has 4 rings (SSSR count). The summed E-state index contributed by atoms with van der Waals surface area (Å²) in [5, 5.41) is 9.65. The molecule has 3 aromatic carbocycles. The van der Waals surface area contributed by atoms with Gasteiger partial charge in [0.2, 0.25) is 10.0 Å². The first-order valence-electron chi connectivity index (χ1n) is 10.7. The molecular formula is C27H28N2O2S. The Hall–Kier alpha value is -3.18. The van der Waals surface area contributed by atoms with E-state index in [9.17, 15) is 8.42 Å². The van der Waals surface area contributed by atoms with Gasteiger partial charge in [-0.25, -0.2) is 12.4 Å². The van der Waals surface area contributed by atoms with E-state index in [4.69, 9.17) is 5.41 Å². The minimum absolute atomic E-state index is 0.297. The largest absolute Gasteiger partial charge is 0.309 e. The van der Waals surface area contributed by atoms with Crippen LogP contribution in [-0.4, -0.2) is 24.4 Å². The molecule has 0 saturated heterocycles. The third kappa shape index (κ3) is 4.83. The first-order chi connectivity index (χ1) is 15.2. The van der Waals surface area contributed by atoms with Gasteiger partial charge in [0, 0.05) is 29.1 Å². The van der Waals surface area contributed by atoms with Crippen LogP contribution in [0.2, 0.25) is 0 Å². The fourth-order valence-corrected chi connectivity index (χ4v) is 5.28. The second-order valence-electron chi connectivity index (χ2n) is 8.81. The van der Waals surface area contributed by atoms with Gasteiger partial charge in [-0.15, -0.1) is 0 Å². The zero-order valence-corrected chi connectivity index (χ0v) is 19.3. The molecular weight excluding hydrogens is 416 g/mol. The zero-order valence-electron chi connectivity index (χ0n) is 18.5. The van der Waals surface area contributed by atoms with Gasteiger partial charge in [0.25, 0.3) is 0 Å². The molecule has 32 heavy (non-hydrogen) atoms. The first kappa shape index (κ1) is 22.0. The Morgan fingerprint density at radius 2 is 1.53 bits per heavy atom. The van der Waals surface area contributed by atoms with Crippen molar-refractivity contribution in [2.75, 3.05) is 6.26 Å². The van der Waals surface area contributed by atoms with Gasteiger partial charge in [-0.05, 0) is 47.7 Å². The Balaban J connectivity index is 1.70. The molecule has 0 fully saturated rings. The minimum Gasteiger partial charge on any atom is -0.309 e. The monoisotopic (exact) mass is 444 g/mol. The lowest BCUT2D eigenvalue weighted by Crippen LogP contribution is -2.29. The molecule has 1 heterocycles. The van der Waals surface area contributed by atoms with E-state index >= 15 is 0 Å². The van der Waals surface area contributed by atoms with Crippen LogP contribution in [0, 0.1) is 5.41 Å². The summed E-state index contributed by atoms with van der Waals surface area (Å²) < 4.78 is 25.5. The number of fused-ring (bicyclic) bond motifs is 1. The van der Waals surface area contributed by atoms with Gasteiger partial charge in [-0.1, -0.05) is 73.7 Å². The summed E-state index contributed by atoms with van der Waals surface area (Å²) in [5.41, 5.74) is 4.53. The summed E-state index contributed by atoms with van der Waals surface area (Å²) in [6, 6.07) is 28.3. The SMILES string of the molecule is CC(CC(=N)Cc1ccccc1)(Cc1ccccc1)c1ccc2c(ccn2S(C)(=O)=O)c1. The van der Waals surface area contributed by atoms with Crippen LogP contribution in [0.4, 0.5) is 0 Å². The lowest BCUT2D eigenvalue weighted by atomic mass is 9.73. The van der Waals surface area contributed by atoms with Crippen LogP contribution in [0.1, 0.15) is 30.0 Å². The molecule has 1 unspecified atom stereocenters. The number of nitrogens with zero attached hydrogens (tertiary/aromatic N) is 1. The summed E-state index contributed by atoms with van der Waals surface area (Å²) in [4.78, 5) is 0. The van der Waals surface area contributed by atoms with E-state index in [-0.39, 0.29) is 5.41 Å². The molecule has 0 aliphatic heterocycles. The smallest absolute Gasteiger partial charge is 0.236 e. The van der Waals surface area contributed by atoms with Gasteiger partial charge < -0.3 is 5.41 Å². The van der Waals surface area contributed by atoms with Crippen molar-refractivity contribution >= 4 is 26.6 Å². The number of benzene rings is 3. The molecule has 4 aromatic rings. The quantitative estimate of drug-likeness (QED) is 0.360. The van der Waals surface area contributed by atoms with Crippen LogP contribution in [0.3, 0.4) is 0 Å². The summed E-state index contributed by atoms with van der Waals surface area (Å²) in [5.74, 6) is 0. The van der Waals surface area contributed by atoms with Gasteiger partial charge in [0.1, 0.15) is 0 Å². The third-order valence-corrected chi connectivity index (χ3v) is 7.04. The maximum atomic E-state index is 12.1. The average molecular weight is 445 g/mol. The molecule has 4 nitrogen and oxygen atoms in total. The van der Waals surface area contributed by atoms with E-state index in [1.807, 2.05) is 54.6 Å². The topological polar surface area (TPSA) is 62.9 Å². The van der Waals surface area contributed by atoms with Crippen molar-refractivity contribution in [3.63, 3.8) is 0 Å². The van der Waals surface area contributed by atoms with Crippen LogP contribution in [-0.2, 0) is 28.3 Å². The van der Waals surface area contributed by atoms with Gasteiger partial charge >= 0.3 is 0 Å². The highest BCUT2D eigenvalue weighted by molar-refractivity contribution is 7.89. The van der Waals surface area contributed by atoms with Crippen molar-refractivity contribution in [1.29, 1.82) is 5.41 Å². The van der Waals surface area contributed by atoms with Crippen LogP contribution in [0.5, 0.6) is 0 Å². The van der Waals surface area contributed by atoms with Gasteiger partial charge in [-0.2, -0.15) is 0 Å². The fourth-order valence-electron chi connectivity index (χ4n) is 4.47. The predicted molar refractivity (Wildman–Crippen MR) is 132 cm³/mol. The lowest BCUT2D eigenvalue weighted by Gasteiger charge is -2.31. The van der Waals surface area contributed by atoms with Crippen LogP contribution in [0.15, 0.2) is 91.1 Å². The van der Waals surface area contributed by atoms with E-state index in [1.165, 1.54) is 15.8 Å². The molecule has 0 aliphatic carbocycles. The molecule has 164 valence electrons. The Kier molecular flexibility index (Phi) is 6.02. The van der Waals surface area contributed by atoms with E-state index in [2.05, 4.69) is 37.3 Å². The average Bonchev–Trinajstić information content (AvgIpc) is 3.19. The Labute approximate surface area is 190 Å². The maximum absolute atomic E-state index is 12.1.